The van der Waals surface area contributed by atoms with Gasteiger partial charge in [0.05, 0.1) is 10.5 Å². The minimum absolute atomic E-state index is 0.00249. The Balaban J connectivity index is 1.93. The van der Waals surface area contributed by atoms with Gasteiger partial charge in [0, 0.05) is 17.2 Å². The lowest BCUT2D eigenvalue weighted by molar-refractivity contribution is 0.102. The molecule has 3 N–H and O–H groups in total. The third kappa shape index (κ3) is 3.25. The van der Waals surface area contributed by atoms with Gasteiger partial charge in [0.1, 0.15) is 11.9 Å². The Labute approximate surface area is 147 Å². The molecule has 7 heteroatoms. The van der Waals surface area contributed by atoms with Gasteiger partial charge in [0.25, 0.3) is 5.91 Å². The van der Waals surface area contributed by atoms with E-state index in [2.05, 4.69) is 12.2 Å². The molecule has 1 amide bonds. The Morgan fingerprint density at radius 3 is 2.60 bits per heavy atom. The van der Waals surface area contributed by atoms with Crippen LogP contribution in [0.15, 0.2) is 41.3 Å². The lowest BCUT2D eigenvalue weighted by Gasteiger charge is -2.11. The van der Waals surface area contributed by atoms with E-state index in [-0.39, 0.29) is 22.8 Å². The molecule has 2 aromatic carbocycles. The van der Waals surface area contributed by atoms with Crippen LogP contribution < -0.4 is 15.2 Å². The first-order valence-electron chi connectivity index (χ1n) is 7.93. The Hall–Kier alpha value is -2.38. The molecule has 0 spiro atoms. The molecule has 25 heavy (non-hydrogen) atoms. The molecule has 132 valence electrons. The number of anilines is 1. The maximum Gasteiger partial charge on any atom is 0.259 e. The van der Waals surface area contributed by atoms with E-state index in [1.807, 2.05) is 19.1 Å². The number of primary sulfonamides is 1. The van der Waals surface area contributed by atoms with E-state index in [9.17, 15) is 13.2 Å². The summed E-state index contributed by atoms with van der Waals surface area (Å²) in [5.74, 6) is 0.428. The monoisotopic (exact) mass is 360 g/mol. The highest BCUT2D eigenvalue weighted by atomic mass is 32.2. The number of amides is 1. The van der Waals surface area contributed by atoms with Gasteiger partial charge in [-0.2, -0.15) is 0 Å². The van der Waals surface area contributed by atoms with Gasteiger partial charge < -0.3 is 10.1 Å². The van der Waals surface area contributed by atoms with E-state index in [1.165, 1.54) is 6.07 Å². The number of ether oxygens (including phenoxy) is 1. The second-order valence-corrected chi connectivity index (χ2v) is 7.84. The first kappa shape index (κ1) is 17.4. The summed E-state index contributed by atoms with van der Waals surface area (Å²) in [4.78, 5) is 12.6. The maximum absolute atomic E-state index is 12.7. The summed E-state index contributed by atoms with van der Waals surface area (Å²) in [7, 11) is -3.86. The number of benzene rings is 2. The van der Waals surface area contributed by atoms with Gasteiger partial charge >= 0.3 is 0 Å². The van der Waals surface area contributed by atoms with Crippen LogP contribution in [0.2, 0.25) is 0 Å². The van der Waals surface area contributed by atoms with Gasteiger partial charge in [0.2, 0.25) is 10.0 Å². The zero-order valence-corrected chi connectivity index (χ0v) is 15.1. The number of aryl methyl sites for hydroxylation is 1. The van der Waals surface area contributed by atoms with Crippen molar-refractivity contribution >= 4 is 21.6 Å². The first-order valence-corrected chi connectivity index (χ1v) is 9.47. The van der Waals surface area contributed by atoms with Crippen LogP contribution >= 0.6 is 0 Å². The molecule has 0 aromatic heterocycles. The molecule has 1 aliphatic rings. The van der Waals surface area contributed by atoms with Crippen molar-refractivity contribution < 1.29 is 17.9 Å². The van der Waals surface area contributed by atoms with Gasteiger partial charge in [-0.05, 0) is 37.6 Å². The molecular formula is C18H20N2O4S. The van der Waals surface area contributed by atoms with Crippen LogP contribution in [0.4, 0.5) is 5.69 Å². The van der Waals surface area contributed by atoms with Gasteiger partial charge in [0.15, 0.2) is 0 Å². The predicted molar refractivity (Wildman–Crippen MR) is 95.5 cm³/mol. The Kier molecular flexibility index (Phi) is 4.30. The van der Waals surface area contributed by atoms with Crippen molar-refractivity contribution in [2.24, 2.45) is 5.14 Å². The van der Waals surface area contributed by atoms with Gasteiger partial charge in [-0.3, -0.25) is 4.79 Å². The standard InChI is InChI=1S/C18H20N2O4S/c1-10-7-8-13(9-16(10)25(19,22)23)20-18(21)15-6-4-5-14-11(2)12(3)24-17(14)15/h4-9,11-12H,1-3H3,(H,20,21)(H2,19,22,23)/t11-,12+/m0/s1. The van der Waals surface area contributed by atoms with Crippen molar-refractivity contribution in [3.8, 4) is 5.75 Å². The Morgan fingerprint density at radius 1 is 1.20 bits per heavy atom. The van der Waals surface area contributed by atoms with E-state index in [0.717, 1.165) is 5.56 Å². The third-order valence-electron chi connectivity index (χ3n) is 4.54. The van der Waals surface area contributed by atoms with Crippen molar-refractivity contribution in [3.63, 3.8) is 0 Å². The minimum Gasteiger partial charge on any atom is -0.489 e. The number of rotatable bonds is 3. The van der Waals surface area contributed by atoms with Crippen molar-refractivity contribution in [1.82, 2.24) is 0 Å². The number of hydrogen-bond donors (Lipinski definition) is 2. The second-order valence-electron chi connectivity index (χ2n) is 6.31. The Morgan fingerprint density at radius 2 is 1.92 bits per heavy atom. The molecule has 2 atom stereocenters. The number of para-hydroxylation sites is 1. The third-order valence-corrected chi connectivity index (χ3v) is 5.59. The fraction of sp³-hybridized carbons (Fsp3) is 0.278. The number of nitrogens with one attached hydrogen (secondary N) is 1. The van der Waals surface area contributed by atoms with Crippen molar-refractivity contribution in [2.45, 2.75) is 37.7 Å². The van der Waals surface area contributed by atoms with E-state index >= 15 is 0 Å². The molecule has 6 nitrogen and oxygen atoms in total. The van der Waals surface area contributed by atoms with E-state index in [1.54, 1.807) is 25.1 Å². The smallest absolute Gasteiger partial charge is 0.259 e. The van der Waals surface area contributed by atoms with Crippen LogP contribution in [0.25, 0.3) is 0 Å². The highest BCUT2D eigenvalue weighted by Crippen LogP contribution is 2.40. The zero-order chi connectivity index (χ0) is 18.4. The van der Waals surface area contributed by atoms with Crippen LogP contribution in [0.1, 0.15) is 41.3 Å². The Bertz CT molecular complexity index is 954. The molecule has 1 aliphatic heterocycles. The summed E-state index contributed by atoms with van der Waals surface area (Å²) in [6, 6.07) is 10.1. The molecule has 0 saturated heterocycles. The van der Waals surface area contributed by atoms with Crippen LogP contribution in [-0.2, 0) is 10.0 Å². The topological polar surface area (TPSA) is 98.5 Å². The fourth-order valence-electron chi connectivity index (χ4n) is 2.95. The summed E-state index contributed by atoms with van der Waals surface area (Å²) < 4.78 is 29.1. The largest absolute Gasteiger partial charge is 0.489 e. The molecule has 0 unspecified atom stereocenters. The normalized spacial score (nSPS) is 19.2. The van der Waals surface area contributed by atoms with Gasteiger partial charge in [-0.15, -0.1) is 0 Å². The molecule has 1 heterocycles. The number of carbonyl (C=O) groups excluding carboxylic acids is 1. The highest BCUT2D eigenvalue weighted by Gasteiger charge is 2.31. The van der Waals surface area contributed by atoms with E-state index in [4.69, 9.17) is 9.88 Å². The van der Waals surface area contributed by atoms with Crippen molar-refractivity contribution in [2.75, 3.05) is 5.32 Å². The first-order chi connectivity index (χ1) is 11.7. The molecule has 3 rings (SSSR count). The van der Waals surface area contributed by atoms with Crippen molar-refractivity contribution in [3.05, 3.63) is 53.1 Å². The number of carbonyl (C=O) groups is 1. The summed E-state index contributed by atoms with van der Waals surface area (Å²) in [6.07, 6.45) is -0.00249. The van der Waals surface area contributed by atoms with E-state index in [0.29, 0.717) is 22.6 Å². The fourth-order valence-corrected chi connectivity index (χ4v) is 3.76. The lowest BCUT2D eigenvalue weighted by atomic mass is 9.97. The average molecular weight is 360 g/mol. The molecule has 2 aromatic rings. The van der Waals surface area contributed by atoms with E-state index < -0.39 is 10.0 Å². The summed E-state index contributed by atoms with van der Waals surface area (Å²) in [5.41, 5.74) is 2.30. The van der Waals surface area contributed by atoms with Gasteiger partial charge in [-0.25, -0.2) is 13.6 Å². The zero-order valence-electron chi connectivity index (χ0n) is 14.2. The minimum atomic E-state index is -3.86. The van der Waals surface area contributed by atoms with Crippen LogP contribution in [0, 0.1) is 6.92 Å². The van der Waals surface area contributed by atoms with Gasteiger partial charge in [-0.1, -0.05) is 25.1 Å². The maximum atomic E-state index is 12.7. The number of sulfonamides is 1. The predicted octanol–water partition coefficient (Wildman–Crippen LogP) is 2.78. The number of nitrogens with two attached hydrogens (primary N) is 1. The second kappa shape index (κ2) is 6.16. The number of hydrogen-bond acceptors (Lipinski definition) is 4. The average Bonchev–Trinajstić information content (AvgIpc) is 2.83. The molecule has 0 fully saturated rings. The summed E-state index contributed by atoms with van der Waals surface area (Å²) in [5, 5.41) is 7.93. The van der Waals surface area contributed by atoms with Crippen LogP contribution in [-0.4, -0.2) is 20.4 Å². The van der Waals surface area contributed by atoms with Crippen LogP contribution in [0.3, 0.4) is 0 Å². The SMILES string of the molecule is Cc1ccc(NC(=O)c2cccc3c2O[C@H](C)[C@@H]3C)cc1S(N)(=O)=O. The molecule has 0 aliphatic carbocycles. The summed E-state index contributed by atoms with van der Waals surface area (Å²) in [6.45, 7) is 5.66. The molecule has 0 bridgehead atoms. The molecule has 0 saturated carbocycles. The van der Waals surface area contributed by atoms with Crippen LogP contribution in [0.5, 0.6) is 5.75 Å². The molecule has 0 radical (unpaired) electrons. The summed E-state index contributed by atoms with van der Waals surface area (Å²) >= 11 is 0. The van der Waals surface area contributed by atoms with Crippen molar-refractivity contribution in [1.29, 1.82) is 0 Å². The number of fused-ring (bicyclic) bond motifs is 1. The lowest BCUT2D eigenvalue weighted by Crippen LogP contribution is -2.16. The highest BCUT2D eigenvalue weighted by molar-refractivity contribution is 7.89. The molecular weight excluding hydrogens is 340 g/mol. The quantitative estimate of drug-likeness (QED) is 0.879.